The van der Waals surface area contributed by atoms with Gasteiger partial charge < -0.3 is 15.2 Å². The molecule has 0 radical (unpaired) electrons. The summed E-state index contributed by atoms with van der Waals surface area (Å²) >= 11 is 6.28. The van der Waals surface area contributed by atoms with Crippen LogP contribution in [0, 0.1) is 5.95 Å². The van der Waals surface area contributed by atoms with E-state index in [2.05, 4.69) is 25.2 Å². The van der Waals surface area contributed by atoms with Crippen molar-refractivity contribution in [3.05, 3.63) is 63.3 Å². The SMILES string of the molecule is CNC(=O)c1ccc(N2CCC(N3CCC(c4cc5c(Cl)cncc5c(=O)[nH]4)C3)CC2)c(F)n1. The Morgan fingerprint density at radius 3 is 2.71 bits per heavy atom. The number of H-pyrrole nitrogens is 1. The fourth-order valence-corrected chi connectivity index (χ4v) is 5.36. The van der Waals surface area contributed by atoms with Crippen molar-refractivity contribution < 1.29 is 9.18 Å². The quantitative estimate of drug-likeness (QED) is 0.553. The normalized spacial score (nSPS) is 19.6. The fourth-order valence-electron chi connectivity index (χ4n) is 5.14. The van der Waals surface area contributed by atoms with E-state index in [1.807, 2.05) is 11.0 Å². The van der Waals surface area contributed by atoms with Gasteiger partial charge in [0.15, 0.2) is 0 Å². The number of carbonyl (C=O) groups excluding carboxylic acids is 1. The summed E-state index contributed by atoms with van der Waals surface area (Å²) < 4.78 is 14.6. The molecule has 0 spiro atoms. The Morgan fingerprint density at radius 2 is 1.97 bits per heavy atom. The van der Waals surface area contributed by atoms with Crippen molar-refractivity contribution in [2.24, 2.45) is 0 Å². The van der Waals surface area contributed by atoms with Crippen molar-refractivity contribution in [1.82, 2.24) is 25.2 Å². The van der Waals surface area contributed by atoms with Gasteiger partial charge in [-0.2, -0.15) is 4.39 Å². The molecule has 5 heterocycles. The highest BCUT2D eigenvalue weighted by Crippen LogP contribution is 2.32. The second kappa shape index (κ2) is 9.31. The second-order valence-corrected chi connectivity index (χ2v) is 9.33. The minimum Gasteiger partial charge on any atom is -0.368 e. The number of anilines is 1. The summed E-state index contributed by atoms with van der Waals surface area (Å²) in [7, 11) is 1.49. The molecule has 0 aromatic carbocycles. The maximum atomic E-state index is 14.6. The predicted molar refractivity (Wildman–Crippen MR) is 129 cm³/mol. The first-order valence-corrected chi connectivity index (χ1v) is 11.9. The van der Waals surface area contributed by atoms with Crippen molar-refractivity contribution >= 4 is 34.0 Å². The van der Waals surface area contributed by atoms with Crippen LogP contribution >= 0.6 is 11.6 Å². The Labute approximate surface area is 201 Å². The summed E-state index contributed by atoms with van der Waals surface area (Å²) in [6, 6.07) is 5.58. The molecule has 3 aromatic rings. The highest BCUT2D eigenvalue weighted by atomic mass is 35.5. The van der Waals surface area contributed by atoms with Crippen LogP contribution in [0.3, 0.4) is 0 Å². The first-order valence-electron chi connectivity index (χ1n) is 11.5. The standard InChI is InChI=1S/C24H26ClFN6O2/c1-27-24(34)19-2-3-21(22(26)29-19)31-8-5-15(6-9-31)32-7-4-14(13-32)20-10-16-17(23(33)30-20)11-28-12-18(16)25/h2-3,10-12,14-15H,4-9,13H2,1H3,(H,27,34)(H,30,33). The van der Waals surface area contributed by atoms with Gasteiger partial charge in [-0.25, -0.2) is 4.98 Å². The number of nitrogens with zero attached hydrogens (tertiary/aromatic N) is 4. The third-order valence-electron chi connectivity index (χ3n) is 7.01. The summed E-state index contributed by atoms with van der Waals surface area (Å²) in [5, 5.41) is 4.18. The number of aromatic nitrogens is 3. The van der Waals surface area contributed by atoms with Crippen LogP contribution in [0.4, 0.5) is 10.1 Å². The smallest absolute Gasteiger partial charge is 0.269 e. The molecule has 0 bridgehead atoms. The van der Waals surface area contributed by atoms with E-state index in [0.717, 1.165) is 56.5 Å². The summed E-state index contributed by atoms with van der Waals surface area (Å²) in [6.07, 6.45) is 5.89. The zero-order valence-corrected chi connectivity index (χ0v) is 19.6. The monoisotopic (exact) mass is 484 g/mol. The molecule has 5 rings (SSSR count). The average Bonchev–Trinajstić information content (AvgIpc) is 3.34. The van der Waals surface area contributed by atoms with Crippen molar-refractivity contribution in [2.45, 2.75) is 31.2 Å². The Morgan fingerprint density at radius 1 is 1.18 bits per heavy atom. The van der Waals surface area contributed by atoms with E-state index in [4.69, 9.17) is 11.6 Å². The van der Waals surface area contributed by atoms with Gasteiger partial charge in [-0.05, 0) is 44.0 Å². The minimum absolute atomic E-state index is 0.0750. The molecular weight excluding hydrogens is 459 g/mol. The summed E-state index contributed by atoms with van der Waals surface area (Å²) in [5.74, 6) is -0.785. The number of carbonyl (C=O) groups is 1. The van der Waals surface area contributed by atoms with Crippen molar-refractivity contribution in [2.75, 3.05) is 38.1 Å². The lowest BCUT2D eigenvalue weighted by Crippen LogP contribution is -2.44. The Hall–Kier alpha value is -3.04. The number of fused-ring (bicyclic) bond motifs is 1. The summed E-state index contributed by atoms with van der Waals surface area (Å²) in [5.41, 5.74) is 1.26. The average molecular weight is 485 g/mol. The number of rotatable bonds is 4. The first kappa shape index (κ1) is 22.7. The van der Waals surface area contributed by atoms with Crippen LogP contribution in [0.1, 0.15) is 41.4 Å². The van der Waals surface area contributed by atoms with Gasteiger partial charge in [-0.1, -0.05) is 11.6 Å². The van der Waals surface area contributed by atoms with Crippen LogP contribution < -0.4 is 15.8 Å². The molecule has 10 heteroatoms. The molecule has 0 aliphatic carbocycles. The van der Waals surface area contributed by atoms with Crippen LogP contribution in [-0.4, -0.2) is 65.0 Å². The van der Waals surface area contributed by atoms with Gasteiger partial charge in [-0.3, -0.25) is 19.5 Å². The van der Waals surface area contributed by atoms with E-state index in [-0.39, 0.29) is 17.2 Å². The predicted octanol–water partition coefficient (Wildman–Crippen LogP) is 2.93. The Kier molecular flexibility index (Phi) is 6.22. The topological polar surface area (TPSA) is 94.2 Å². The maximum Gasteiger partial charge on any atom is 0.269 e. The summed E-state index contributed by atoms with van der Waals surface area (Å²) in [4.78, 5) is 39.6. The van der Waals surface area contributed by atoms with Gasteiger partial charge in [-0.15, -0.1) is 0 Å². The third kappa shape index (κ3) is 4.25. The second-order valence-electron chi connectivity index (χ2n) is 8.92. The van der Waals surface area contributed by atoms with Crippen molar-refractivity contribution in [1.29, 1.82) is 0 Å². The van der Waals surface area contributed by atoms with E-state index in [0.29, 0.717) is 22.1 Å². The van der Waals surface area contributed by atoms with E-state index in [9.17, 15) is 14.0 Å². The van der Waals surface area contributed by atoms with Gasteiger partial charge in [0, 0.05) is 62.1 Å². The van der Waals surface area contributed by atoms with Crippen LogP contribution in [0.15, 0.2) is 35.4 Å². The fraction of sp³-hybridized carbons (Fsp3) is 0.417. The zero-order chi connectivity index (χ0) is 23.8. The molecule has 2 aliphatic heterocycles. The molecule has 3 aromatic heterocycles. The van der Waals surface area contributed by atoms with Crippen molar-refractivity contribution in [3.8, 4) is 0 Å². The minimum atomic E-state index is -0.616. The molecule has 2 saturated heterocycles. The highest BCUT2D eigenvalue weighted by molar-refractivity contribution is 6.35. The van der Waals surface area contributed by atoms with Gasteiger partial charge >= 0.3 is 0 Å². The number of aromatic amines is 1. The first-order chi connectivity index (χ1) is 16.4. The number of likely N-dealkylation sites (tertiary alicyclic amines) is 1. The molecule has 178 valence electrons. The largest absolute Gasteiger partial charge is 0.368 e. The molecule has 1 unspecified atom stereocenters. The van der Waals surface area contributed by atoms with Crippen LogP contribution in [0.5, 0.6) is 0 Å². The lowest BCUT2D eigenvalue weighted by Gasteiger charge is -2.37. The van der Waals surface area contributed by atoms with Crippen molar-refractivity contribution in [3.63, 3.8) is 0 Å². The maximum absolute atomic E-state index is 14.6. The van der Waals surface area contributed by atoms with Gasteiger partial charge in [0.1, 0.15) is 5.69 Å². The molecule has 8 nitrogen and oxygen atoms in total. The summed E-state index contributed by atoms with van der Waals surface area (Å²) in [6.45, 7) is 3.26. The van der Waals surface area contributed by atoms with Gasteiger partial charge in [0.2, 0.25) is 5.95 Å². The Balaban J connectivity index is 1.23. The van der Waals surface area contributed by atoms with E-state index >= 15 is 0 Å². The van der Waals surface area contributed by atoms with Crippen LogP contribution in [0.25, 0.3) is 10.8 Å². The van der Waals surface area contributed by atoms with E-state index in [1.165, 1.54) is 7.05 Å². The molecule has 34 heavy (non-hydrogen) atoms. The Bertz CT molecular complexity index is 1290. The number of pyridine rings is 3. The zero-order valence-electron chi connectivity index (χ0n) is 18.9. The third-order valence-corrected chi connectivity index (χ3v) is 7.31. The molecule has 2 N–H and O–H groups in total. The molecule has 0 saturated carbocycles. The lowest BCUT2D eigenvalue weighted by atomic mass is 10.0. The lowest BCUT2D eigenvalue weighted by molar-refractivity contribution is 0.0957. The van der Waals surface area contributed by atoms with Gasteiger partial charge in [0.25, 0.3) is 11.5 Å². The van der Waals surface area contributed by atoms with Crippen LogP contribution in [-0.2, 0) is 0 Å². The molecule has 1 amide bonds. The highest BCUT2D eigenvalue weighted by Gasteiger charge is 2.32. The molecular formula is C24H26ClFN6O2. The number of halogens is 2. The molecule has 2 aliphatic rings. The molecule has 2 fully saturated rings. The number of piperidine rings is 1. The van der Waals surface area contributed by atoms with Gasteiger partial charge in [0.05, 0.1) is 16.1 Å². The number of hydrogen-bond acceptors (Lipinski definition) is 6. The van der Waals surface area contributed by atoms with E-state index in [1.54, 1.807) is 24.5 Å². The van der Waals surface area contributed by atoms with Crippen LogP contribution in [0.2, 0.25) is 5.02 Å². The number of amides is 1. The number of nitrogens with one attached hydrogen (secondary N) is 2. The molecule has 1 atom stereocenters. The van der Waals surface area contributed by atoms with E-state index < -0.39 is 11.9 Å². The number of hydrogen-bond donors (Lipinski definition) is 2.